The molecule has 3 aromatic carbocycles. The Hall–Kier alpha value is -2.98. The van der Waals surface area contributed by atoms with Crippen molar-refractivity contribution in [3.63, 3.8) is 0 Å². The zero-order valence-electron chi connectivity index (χ0n) is 19.5. The number of rotatable bonds is 10. The van der Waals surface area contributed by atoms with E-state index in [4.69, 9.17) is 9.47 Å². The molecular formula is C28H34N2O2. The van der Waals surface area contributed by atoms with Gasteiger partial charge in [-0.25, -0.2) is 0 Å². The minimum absolute atomic E-state index is 0.335. The van der Waals surface area contributed by atoms with Gasteiger partial charge in [-0.15, -0.1) is 0 Å². The van der Waals surface area contributed by atoms with E-state index in [1.807, 2.05) is 24.3 Å². The number of unbranched alkanes of at least 4 members (excludes halogenated alkanes) is 1. The average Bonchev–Trinajstić information content (AvgIpc) is 3.24. The molecule has 1 aliphatic heterocycles. The lowest BCUT2D eigenvalue weighted by Gasteiger charge is -2.27. The Morgan fingerprint density at radius 3 is 2.22 bits per heavy atom. The Bertz CT molecular complexity index is 983. The predicted octanol–water partition coefficient (Wildman–Crippen LogP) is 6.32. The smallest absolute Gasteiger partial charge is 0.127 e. The number of hydrogen-bond donors (Lipinski definition) is 0. The fourth-order valence-corrected chi connectivity index (χ4v) is 4.22. The van der Waals surface area contributed by atoms with Crippen LogP contribution in [0, 0.1) is 0 Å². The molecule has 168 valence electrons. The molecule has 1 atom stereocenters. The molecule has 0 aromatic heterocycles. The maximum absolute atomic E-state index is 6.04. The lowest BCUT2D eigenvalue weighted by molar-refractivity contribution is 0.293. The van der Waals surface area contributed by atoms with E-state index in [0.717, 1.165) is 56.2 Å². The molecule has 0 saturated heterocycles. The van der Waals surface area contributed by atoms with Crippen LogP contribution in [0.3, 0.4) is 0 Å². The van der Waals surface area contributed by atoms with E-state index in [2.05, 4.69) is 79.3 Å². The van der Waals surface area contributed by atoms with Gasteiger partial charge in [-0.2, -0.15) is 0 Å². The molecule has 0 fully saturated rings. The third-order valence-corrected chi connectivity index (χ3v) is 6.08. The van der Waals surface area contributed by atoms with Crippen LogP contribution in [0.4, 0.5) is 5.69 Å². The molecule has 1 aliphatic rings. The number of anilines is 1. The molecule has 0 radical (unpaired) electrons. The Kier molecular flexibility index (Phi) is 7.33. The molecule has 0 spiro atoms. The first-order valence-corrected chi connectivity index (χ1v) is 11.6. The third kappa shape index (κ3) is 5.63. The van der Waals surface area contributed by atoms with Crippen LogP contribution in [0.2, 0.25) is 0 Å². The lowest BCUT2D eigenvalue weighted by atomic mass is 10.1. The third-order valence-electron chi connectivity index (χ3n) is 6.08. The predicted molar refractivity (Wildman–Crippen MR) is 132 cm³/mol. The number of hydrogen-bond acceptors (Lipinski definition) is 4. The Labute approximate surface area is 192 Å². The molecule has 0 N–H and O–H groups in total. The summed E-state index contributed by atoms with van der Waals surface area (Å²) >= 11 is 0. The van der Waals surface area contributed by atoms with Gasteiger partial charge < -0.3 is 19.3 Å². The van der Waals surface area contributed by atoms with E-state index >= 15 is 0 Å². The number of benzene rings is 3. The second kappa shape index (κ2) is 10.6. The molecule has 0 amide bonds. The molecule has 1 heterocycles. The van der Waals surface area contributed by atoms with Crippen molar-refractivity contribution in [1.29, 1.82) is 0 Å². The van der Waals surface area contributed by atoms with Gasteiger partial charge in [0, 0.05) is 12.2 Å². The van der Waals surface area contributed by atoms with E-state index < -0.39 is 0 Å². The van der Waals surface area contributed by atoms with E-state index in [1.165, 1.54) is 16.8 Å². The minimum Gasteiger partial charge on any atom is -0.494 e. The highest BCUT2D eigenvalue weighted by atomic mass is 16.5. The first-order chi connectivity index (χ1) is 15.6. The average molecular weight is 431 g/mol. The van der Waals surface area contributed by atoms with Crippen molar-refractivity contribution in [3.05, 3.63) is 83.9 Å². The van der Waals surface area contributed by atoms with Crippen LogP contribution >= 0.6 is 0 Å². The standard InChI is InChI=1S/C28H34N2O2/c1-22(30-20-18-24-8-4-5-9-28(24)30)23-10-12-26(13-11-23)32-27-16-14-25(15-17-27)31-21-7-6-19-29(2)3/h4-5,8-17,22H,6-7,18-21H2,1-3H3/t22-/m0/s1. The van der Waals surface area contributed by atoms with Gasteiger partial charge >= 0.3 is 0 Å². The Morgan fingerprint density at radius 1 is 0.844 bits per heavy atom. The first kappa shape index (κ1) is 22.2. The molecule has 4 heteroatoms. The quantitative estimate of drug-likeness (QED) is 0.351. The van der Waals surface area contributed by atoms with Crippen LogP contribution in [-0.2, 0) is 6.42 Å². The number of para-hydroxylation sites is 1. The van der Waals surface area contributed by atoms with Gasteiger partial charge in [0.2, 0.25) is 0 Å². The summed E-state index contributed by atoms with van der Waals surface area (Å²) in [5.41, 5.74) is 4.10. The summed E-state index contributed by atoms with van der Waals surface area (Å²) in [6.07, 6.45) is 3.33. The van der Waals surface area contributed by atoms with E-state index in [9.17, 15) is 0 Å². The van der Waals surface area contributed by atoms with Gasteiger partial charge in [-0.1, -0.05) is 30.3 Å². The van der Waals surface area contributed by atoms with Crippen molar-refractivity contribution in [3.8, 4) is 17.2 Å². The van der Waals surface area contributed by atoms with Crippen molar-refractivity contribution in [2.75, 3.05) is 38.7 Å². The zero-order valence-corrected chi connectivity index (χ0v) is 19.5. The molecule has 32 heavy (non-hydrogen) atoms. The highest BCUT2D eigenvalue weighted by Crippen LogP contribution is 2.35. The van der Waals surface area contributed by atoms with Crippen LogP contribution in [0.25, 0.3) is 0 Å². The summed E-state index contributed by atoms with van der Waals surface area (Å²) in [5, 5.41) is 0. The summed E-state index contributed by atoms with van der Waals surface area (Å²) in [5.74, 6) is 2.55. The van der Waals surface area contributed by atoms with Gasteiger partial charge in [-0.05, 0) is 100 Å². The molecule has 4 nitrogen and oxygen atoms in total. The van der Waals surface area contributed by atoms with Crippen LogP contribution < -0.4 is 14.4 Å². The summed E-state index contributed by atoms with van der Waals surface area (Å²) in [6, 6.07) is 25.4. The maximum atomic E-state index is 6.04. The summed E-state index contributed by atoms with van der Waals surface area (Å²) in [6.45, 7) is 5.19. The maximum Gasteiger partial charge on any atom is 0.127 e. The van der Waals surface area contributed by atoms with Crippen molar-refractivity contribution in [1.82, 2.24) is 4.90 Å². The molecule has 3 aromatic rings. The van der Waals surface area contributed by atoms with Gasteiger partial charge in [0.05, 0.1) is 12.6 Å². The monoisotopic (exact) mass is 430 g/mol. The summed E-state index contributed by atoms with van der Waals surface area (Å²) in [7, 11) is 4.20. The summed E-state index contributed by atoms with van der Waals surface area (Å²) < 4.78 is 11.9. The van der Waals surface area contributed by atoms with Crippen molar-refractivity contribution in [2.24, 2.45) is 0 Å². The van der Waals surface area contributed by atoms with Gasteiger partial charge in [-0.3, -0.25) is 0 Å². The minimum atomic E-state index is 0.335. The number of nitrogens with zero attached hydrogens (tertiary/aromatic N) is 2. The molecule has 0 unspecified atom stereocenters. The fraction of sp³-hybridized carbons (Fsp3) is 0.357. The van der Waals surface area contributed by atoms with Crippen LogP contribution in [-0.4, -0.2) is 38.7 Å². The second-order valence-electron chi connectivity index (χ2n) is 8.75. The topological polar surface area (TPSA) is 24.9 Å². The summed E-state index contributed by atoms with van der Waals surface area (Å²) in [4.78, 5) is 4.69. The fourth-order valence-electron chi connectivity index (χ4n) is 4.22. The zero-order chi connectivity index (χ0) is 22.3. The van der Waals surface area contributed by atoms with Gasteiger partial charge in [0.15, 0.2) is 0 Å². The van der Waals surface area contributed by atoms with Crippen LogP contribution in [0.5, 0.6) is 17.2 Å². The Balaban J connectivity index is 1.29. The van der Waals surface area contributed by atoms with Crippen molar-refractivity contribution in [2.45, 2.75) is 32.2 Å². The molecular weight excluding hydrogens is 396 g/mol. The van der Waals surface area contributed by atoms with Crippen LogP contribution in [0.15, 0.2) is 72.8 Å². The highest BCUT2D eigenvalue weighted by molar-refractivity contribution is 5.59. The highest BCUT2D eigenvalue weighted by Gasteiger charge is 2.23. The van der Waals surface area contributed by atoms with Crippen molar-refractivity contribution < 1.29 is 9.47 Å². The van der Waals surface area contributed by atoms with Gasteiger partial charge in [0.25, 0.3) is 0 Å². The van der Waals surface area contributed by atoms with Gasteiger partial charge in [0.1, 0.15) is 17.2 Å². The molecule has 0 aliphatic carbocycles. The first-order valence-electron chi connectivity index (χ1n) is 11.6. The van der Waals surface area contributed by atoms with Crippen molar-refractivity contribution >= 4 is 5.69 Å². The lowest BCUT2D eigenvalue weighted by Crippen LogP contribution is -2.24. The normalized spacial score (nSPS) is 13.8. The SMILES string of the molecule is C[C@@H](c1ccc(Oc2ccc(OCCCCN(C)C)cc2)cc1)N1CCc2ccccc21. The van der Waals surface area contributed by atoms with E-state index in [1.54, 1.807) is 0 Å². The van der Waals surface area contributed by atoms with Crippen LogP contribution in [0.1, 0.15) is 36.9 Å². The number of fused-ring (bicyclic) bond motifs is 1. The molecule has 4 rings (SSSR count). The number of ether oxygens (including phenoxy) is 2. The van der Waals surface area contributed by atoms with E-state index in [-0.39, 0.29) is 0 Å². The van der Waals surface area contributed by atoms with E-state index in [0.29, 0.717) is 6.04 Å². The largest absolute Gasteiger partial charge is 0.494 e. The molecule has 0 saturated carbocycles. The Morgan fingerprint density at radius 2 is 1.50 bits per heavy atom. The molecule has 0 bridgehead atoms. The second-order valence-corrected chi connectivity index (χ2v) is 8.75.